The van der Waals surface area contributed by atoms with E-state index >= 15 is 0 Å². The van der Waals surface area contributed by atoms with Crippen LogP contribution >= 0.6 is 23.2 Å². The Labute approximate surface area is 142 Å². The second-order valence-electron chi connectivity index (χ2n) is 4.62. The van der Waals surface area contributed by atoms with Gasteiger partial charge in [0.15, 0.2) is 0 Å². The minimum Gasteiger partial charge on any atom is -0.379 e. The van der Waals surface area contributed by atoms with Gasteiger partial charge in [-0.2, -0.15) is 0 Å². The predicted molar refractivity (Wildman–Crippen MR) is 91.3 cm³/mol. The number of hydrogen-bond acceptors (Lipinski definition) is 4. The van der Waals surface area contributed by atoms with Gasteiger partial charge in [0, 0.05) is 24.1 Å². The van der Waals surface area contributed by atoms with Gasteiger partial charge < -0.3 is 10.6 Å². The Hall–Kier alpha value is -2.31. The maximum Gasteiger partial charge on any atom is 0.292 e. The van der Waals surface area contributed by atoms with Crippen LogP contribution in [0.25, 0.3) is 0 Å². The van der Waals surface area contributed by atoms with Gasteiger partial charge in [0.25, 0.3) is 5.69 Å². The first-order valence-electron chi connectivity index (χ1n) is 6.69. The van der Waals surface area contributed by atoms with Crippen LogP contribution in [0.2, 0.25) is 10.0 Å². The Morgan fingerprint density at radius 2 is 1.87 bits per heavy atom. The number of anilines is 2. The molecule has 2 aromatic rings. The van der Waals surface area contributed by atoms with Crippen LogP contribution in [-0.2, 0) is 4.79 Å². The number of para-hydroxylation sites is 2. The van der Waals surface area contributed by atoms with Crippen molar-refractivity contribution in [2.45, 2.75) is 6.42 Å². The first-order chi connectivity index (χ1) is 11.0. The lowest BCUT2D eigenvalue weighted by atomic mass is 10.2. The molecule has 0 aliphatic heterocycles. The second kappa shape index (κ2) is 7.80. The summed E-state index contributed by atoms with van der Waals surface area (Å²) in [6.07, 6.45) is 0.130. The second-order valence-corrected chi connectivity index (χ2v) is 5.47. The highest BCUT2D eigenvalue weighted by atomic mass is 35.5. The van der Waals surface area contributed by atoms with Crippen molar-refractivity contribution in [3.05, 3.63) is 62.6 Å². The monoisotopic (exact) mass is 353 g/mol. The summed E-state index contributed by atoms with van der Waals surface area (Å²) in [5, 5.41) is 17.2. The van der Waals surface area contributed by atoms with Crippen LogP contribution in [0.4, 0.5) is 17.1 Å². The number of benzene rings is 2. The number of nitro benzene ring substituents is 1. The third-order valence-electron chi connectivity index (χ3n) is 2.97. The number of carbonyl (C=O) groups excluding carboxylic acids is 1. The normalized spacial score (nSPS) is 10.2. The molecule has 8 heteroatoms. The van der Waals surface area contributed by atoms with E-state index in [2.05, 4.69) is 10.6 Å². The van der Waals surface area contributed by atoms with E-state index < -0.39 is 4.92 Å². The fourth-order valence-electron chi connectivity index (χ4n) is 1.90. The van der Waals surface area contributed by atoms with Crippen LogP contribution in [0.1, 0.15) is 6.42 Å². The van der Waals surface area contributed by atoms with Gasteiger partial charge >= 0.3 is 0 Å². The Morgan fingerprint density at radius 3 is 2.57 bits per heavy atom. The molecule has 0 spiro atoms. The molecule has 1 amide bonds. The molecule has 0 saturated heterocycles. The van der Waals surface area contributed by atoms with Crippen molar-refractivity contribution in [1.29, 1.82) is 0 Å². The van der Waals surface area contributed by atoms with Crippen molar-refractivity contribution < 1.29 is 9.72 Å². The van der Waals surface area contributed by atoms with Gasteiger partial charge in [-0.15, -0.1) is 0 Å². The number of carbonyl (C=O) groups is 1. The number of nitrogens with zero attached hydrogens (tertiary/aromatic N) is 1. The van der Waals surface area contributed by atoms with Crippen LogP contribution in [-0.4, -0.2) is 17.4 Å². The molecule has 23 heavy (non-hydrogen) atoms. The molecule has 2 aromatic carbocycles. The number of nitrogens with one attached hydrogen (secondary N) is 2. The summed E-state index contributed by atoms with van der Waals surface area (Å²) in [5.74, 6) is -0.264. The molecule has 0 radical (unpaired) electrons. The Morgan fingerprint density at radius 1 is 1.13 bits per heavy atom. The molecule has 0 bridgehead atoms. The van der Waals surface area contributed by atoms with E-state index in [9.17, 15) is 14.9 Å². The minimum absolute atomic E-state index is 0.0337. The van der Waals surface area contributed by atoms with Crippen LogP contribution in [0.3, 0.4) is 0 Å². The third-order valence-corrected chi connectivity index (χ3v) is 3.52. The molecule has 0 aliphatic carbocycles. The molecule has 120 valence electrons. The van der Waals surface area contributed by atoms with E-state index in [1.807, 2.05) is 0 Å². The zero-order valence-corrected chi connectivity index (χ0v) is 13.4. The van der Waals surface area contributed by atoms with Crippen LogP contribution < -0.4 is 10.6 Å². The molecule has 2 N–H and O–H groups in total. The predicted octanol–water partition coefficient (Wildman–Crippen LogP) is 4.34. The molecular weight excluding hydrogens is 341 g/mol. The van der Waals surface area contributed by atoms with Crippen molar-refractivity contribution >= 4 is 46.2 Å². The van der Waals surface area contributed by atoms with Gasteiger partial charge in [-0.25, -0.2) is 0 Å². The maximum atomic E-state index is 11.9. The lowest BCUT2D eigenvalue weighted by Gasteiger charge is -2.09. The Balaban J connectivity index is 1.89. The topological polar surface area (TPSA) is 84.3 Å². The Kier molecular flexibility index (Phi) is 5.78. The zero-order valence-electron chi connectivity index (χ0n) is 11.9. The summed E-state index contributed by atoms with van der Waals surface area (Å²) in [4.78, 5) is 22.3. The SMILES string of the molecule is O=C(CCNc1ccccc1[N+](=O)[O-])Nc1ccc(Cl)cc1Cl. The maximum absolute atomic E-state index is 11.9. The lowest BCUT2D eigenvalue weighted by Crippen LogP contribution is -2.16. The van der Waals surface area contributed by atoms with Gasteiger partial charge in [-0.3, -0.25) is 14.9 Å². The molecule has 0 saturated carbocycles. The minimum atomic E-state index is -0.476. The molecule has 0 unspecified atom stereocenters. The van der Waals surface area contributed by atoms with Gasteiger partial charge in [0.05, 0.1) is 15.6 Å². The average molecular weight is 354 g/mol. The van der Waals surface area contributed by atoms with Crippen molar-refractivity contribution in [2.75, 3.05) is 17.2 Å². The lowest BCUT2D eigenvalue weighted by molar-refractivity contribution is -0.384. The highest BCUT2D eigenvalue weighted by Crippen LogP contribution is 2.26. The highest BCUT2D eigenvalue weighted by Gasteiger charge is 2.12. The van der Waals surface area contributed by atoms with E-state index in [4.69, 9.17) is 23.2 Å². The van der Waals surface area contributed by atoms with E-state index in [1.165, 1.54) is 12.1 Å². The fraction of sp³-hybridized carbons (Fsp3) is 0.133. The standard InChI is InChI=1S/C15H13Cl2N3O3/c16-10-5-6-12(11(17)9-10)19-15(21)7-8-18-13-3-1-2-4-14(13)20(22)23/h1-6,9,18H,7-8H2,(H,19,21). The van der Waals surface area contributed by atoms with Gasteiger partial charge in [0.2, 0.25) is 5.91 Å². The van der Waals surface area contributed by atoms with Crippen molar-refractivity contribution in [2.24, 2.45) is 0 Å². The number of amides is 1. The third kappa shape index (κ3) is 4.84. The van der Waals surface area contributed by atoms with E-state index in [1.54, 1.807) is 30.3 Å². The summed E-state index contributed by atoms with van der Waals surface area (Å²) >= 11 is 11.8. The zero-order chi connectivity index (χ0) is 16.8. The number of halogens is 2. The van der Waals surface area contributed by atoms with Crippen molar-refractivity contribution in [3.63, 3.8) is 0 Å². The fourth-order valence-corrected chi connectivity index (χ4v) is 2.35. The van der Waals surface area contributed by atoms with Crippen molar-refractivity contribution in [1.82, 2.24) is 0 Å². The molecule has 6 nitrogen and oxygen atoms in total. The van der Waals surface area contributed by atoms with Crippen LogP contribution in [0, 0.1) is 10.1 Å². The smallest absolute Gasteiger partial charge is 0.292 e. The molecule has 0 aliphatic rings. The summed E-state index contributed by atoms with van der Waals surface area (Å²) in [6, 6.07) is 11.0. The average Bonchev–Trinajstić information content (AvgIpc) is 2.50. The first kappa shape index (κ1) is 17.1. The van der Waals surface area contributed by atoms with Crippen molar-refractivity contribution in [3.8, 4) is 0 Å². The quantitative estimate of drug-likeness (QED) is 0.597. The van der Waals surface area contributed by atoms with E-state index in [0.29, 0.717) is 21.4 Å². The molecule has 0 aromatic heterocycles. The number of nitro groups is 1. The van der Waals surface area contributed by atoms with E-state index in [0.717, 1.165) is 0 Å². The summed E-state index contributed by atoms with van der Waals surface area (Å²) in [5.41, 5.74) is 0.801. The summed E-state index contributed by atoms with van der Waals surface area (Å²) < 4.78 is 0. The Bertz CT molecular complexity index is 738. The van der Waals surface area contributed by atoms with Gasteiger partial charge in [-0.05, 0) is 24.3 Å². The van der Waals surface area contributed by atoms with Crippen LogP contribution in [0.5, 0.6) is 0 Å². The van der Waals surface area contributed by atoms with Crippen LogP contribution in [0.15, 0.2) is 42.5 Å². The van der Waals surface area contributed by atoms with Gasteiger partial charge in [-0.1, -0.05) is 35.3 Å². The van der Waals surface area contributed by atoms with E-state index in [-0.39, 0.29) is 24.6 Å². The molecule has 2 rings (SSSR count). The summed E-state index contributed by atoms with van der Waals surface area (Å²) in [7, 11) is 0. The van der Waals surface area contributed by atoms with Gasteiger partial charge in [0.1, 0.15) is 5.69 Å². The molecule has 0 fully saturated rings. The molecular formula is C15H13Cl2N3O3. The largest absolute Gasteiger partial charge is 0.379 e. The first-order valence-corrected chi connectivity index (χ1v) is 7.45. The molecule has 0 heterocycles. The summed E-state index contributed by atoms with van der Waals surface area (Å²) in [6.45, 7) is 0.252. The highest BCUT2D eigenvalue weighted by molar-refractivity contribution is 6.36. The molecule has 0 atom stereocenters. The number of hydrogen-bond donors (Lipinski definition) is 2. The number of rotatable bonds is 6.